The molecule has 0 aliphatic rings. The molecule has 0 saturated carbocycles. The summed E-state index contributed by atoms with van der Waals surface area (Å²) in [5.74, 6) is -0.810. The highest BCUT2D eigenvalue weighted by molar-refractivity contribution is 5.91. The molecular formula is C19H16FN3O3. The third kappa shape index (κ3) is 5.09. The first-order chi connectivity index (χ1) is 12.7. The molecule has 1 N–H and O–H groups in total. The van der Waals surface area contributed by atoms with Crippen LogP contribution in [-0.2, 0) is 16.1 Å². The van der Waals surface area contributed by atoms with Gasteiger partial charge >= 0.3 is 6.01 Å². The van der Waals surface area contributed by atoms with Crippen molar-refractivity contribution in [1.82, 2.24) is 9.97 Å². The van der Waals surface area contributed by atoms with Crippen LogP contribution in [-0.4, -0.2) is 22.5 Å². The van der Waals surface area contributed by atoms with E-state index in [9.17, 15) is 9.18 Å². The number of carbonyl (C=O) groups is 1. The van der Waals surface area contributed by atoms with Crippen molar-refractivity contribution in [1.29, 1.82) is 0 Å². The normalized spacial score (nSPS) is 10.3. The lowest BCUT2D eigenvalue weighted by Gasteiger charge is -2.07. The summed E-state index contributed by atoms with van der Waals surface area (Å²) in [5.41, 5.74) is 1.37. The van der Waals surface area contributed by atoms with Crippen molar-refractivity contribution in [2.24, 2.45) is 0 Å². The van der Waals surface area contributed by atoms with Crippen LogP contribution in [0.4, 0.5) is 10.1 Å². The van der Waals surface area contributed by atoms with Crippen molar-refractivity contribution in [3.05, 3.63) is 78.4 Å². The summed E-state index contributed by atoms with van der Waals surface area (Å²) in [6, 6.07) is 15.5. The highest BCUT2D eigenvalue weighted by atomic mass is 19.1. The van der Waals surface area contributed by atoms with Crippen LogP contribution in [0.3, 0.4) is 0 Å². The number of halogens is 1. The first kappa shape index (κ1) is 17.5. The topological polar surface area (TPSA) is 73.3 Å². The number of para-hydroxylation sites is 1. The number of amides is 1. The number of hydrogen-bond acceptors (Lipinski definition) is 5. The summed E-state index contributed by atoms with van der Waals surface area (Å²) in [6.07, 6.45) is 2.75. The third-order valence-electron chi connectivity index (χ3n) is 3.29. The van der Waals surface area contributed by atoms with Gasteiger partial charge in [-0.3, -0.25) is 4.79 Å². The van der Waals surface area contributed by atoms with Crippen LogP contribution in [0.5, 0.6) is 11.8 Å². The van der Waals surface area contributed by atoms with Gasteiger partial charge in [0.1, 0.15) is 6.61 Å². The second kappa shape index (κ2) is 8.68. The van der Waals surface area contributed by atoms with Crippen molar-refractivity contribution >= 4 is 11.6 Å². The Morgan fingerprint density at radius 3 is 2.42 bits per heavy atom. The van der Waals surface area contributed by atoms with E-state index in [1.165, 1.54) is 24.5 Å². The Morgan fingerprint density at radius 1 is 1.00 bits per heavy atom. The zero-order chi connectivity index (χ0) is 18.2. The van der Waals surface area contributed by atoms with E-state index in [0.717, 1.165) is 5.56 Å². The Labute approximate surface area is 149 Å². The van der Waals surface area contributed by atoms with E-state index in [4.69, 9.17) is 9.47 Å². The van der Waals surface area contributed by atoms with Crippen molar-refractivity contribution in [2.75, 3.05) is 11.9 Å². The SMILES string of the molecule is O=C(COCc1ccccc1)Nc1cnc(Oc2ccccc2F)nc1. The summed E-state index contributed by atoms with van der Waals surface area (Å²) in [4.78, 5) is 19.7. The van der Waals surface area contributed by atoms with E-state index < -0.39 is 5.82 Å². The molecule has 3 rings (SSSR count). The lowest BCUT2D eigenvalue weighted by atomic mass is 10.2. The van der Waals surface area contributed by atoms with Crippen LogP contribution in [0.2, 0.25) is 0 Å². The van der Waals surface area contributed by atoms with Gasteiger partial charge < -0.3 is 14.8 Å². The van der Waals surface area contributed by atoms with Crippen molar-refractivity contribution in [3.63, 3.8) is 0 Å². The van der Waals surface area contributed by atoms with Gasteiger partial charge in [0.05, 0.1) is 24.7 Å². The maximum Gasteiger partial charge on any atom is 0.322 e. The molecule has 1 aromatic heterocycles. The van der Waals surface area contributed by atoms with Crippen LogP contribution >= 0.6 is 0 Å². The predicted molar refractivity (Wildman–Crippen MR) is 93.2 cm³/mol. The number of benzene rings is 2. The van der Waals surface area contributed by atoms with Crippen LogP contribution in [0.15, 0.2) is 67.0 Å². The number of rotatable bonds is 7. The fraction of sp³-hybridized carbons (Fsp3) is 0.105. The largest absolute Gasteiger partial charge is 0.421 e. The molecule has 0 saturated heterocycles. The fourth-order valence-electron chi connectivity index (χ4n) is 2.09. The average molecular weight is 353 g/mol. The quantitative estimate of drug-likeness (QED) is 0.703. The van der Waals surface area contributed by atoms with Crippen molar-refractivity contribution < 1.29 is 18.7 Å². The van der Waals surface area contributed by atoms with E-state index in [2.05, 4.69) is 15.3 Å². The van der Waals surface area contributed by atoms with Gasteiger partial charge in [-0.1, -0.05) is 42.5 Å². The molecule has 0 atom stereocenters. The number of nitrogens with zero attached hydrogens (tertiary/aromatic N) is 2. The monoisotopic (exact) mass is 353 g/mol. The predicted octanol–water partition coefficient (Wildman–Crippen LogP) is 3.56. The molecule has 26 heavy (non-hydrogen) atoms. The average Bonchev–Trinajstić information content (AvgIpc) is 2.66. The Morgan fingerprint density at radius 2 is 1.69 bits per heavy atom. The van der Waals surface area contributed by atoms with Gasteiger partial charge in [-0.2, -0.15) is 0 Å². The van der Waals surface area contributed by atoms with Gasteiger partial charge in [0.15, 0.2) is 11.6 Å². The summed E-state index contributed by atoms with van der Waals surface area (Å²) >= 11 is 0. The molecule has 7 heteroatoms. The van der Waals surface area contributed by atoms with Gasteiger partial charge in [0, 0.05) is 0 Å². The minimum absolute atomic E-state index is 0.0200. The van der Waals surface area contributed by atoms with Crippen LogP contribution in [0.25, 0.3) is 0 Å². The minimum Gasteiger partial charge on any atom is -0.421 e. The van der Waals surface area contributed by atoms with E-state index in [-0.39, 0.29) is 24.3 Å². The van der Waals surface area contributed by atoms with Crippen molar-refractivity contribution in [2.45, 2.75) is 6.61 Å². The Balaban J connectivity index is 1.47. The smallest absolute Gasteiger partial charge is 0.322 e. The lowest BCUT2D eigenvalue weighted by molar-refractivity contribution is -0.121. The second-order valence-corrected chi connectivity index (χ2v) is 5.31. The summed E-state index contributed by atoms with van der Waals surface area (Å²) in [5, 5.41) is 2.61. The maximum absolute atomic E-state index is 13.5. The molecule has 0 bridgehead atoms. The number of carbonyl (C=O) groups excluding carboxylic acids is 1. The van der Waals surface area contributed by atoms with Gasteiger partial charge in [0.25, 0.3) is 0 Å². The molecule has 6 nitrogen and oxygen atoms in total. The molecule has 0 aliphatic carbocycles. The zero-order valence-corrected chi connectivity index (χ0v) is 13.8. The molecule has 0 spiro atoms. The molecule has 1 heterocycles. The molecule has 3 aromatic rings. The van der Waals surface area contributed by atoms with E-state index >= 15 is 0 Å². The van der Waals surface area contributed by atoms with E-state index in [1.54, 1.807) is 12.1 Å². The fourth-order valence-corrected chi connectivity index (χ4v) is 2.09. The molecule has 0 radical (unpaired) electrons. The second-order valence-electron chi connectivity index (χ2n) is 5.31. The molecule has 132 valence electrons. The number of ether oxygens (including phenoxy) is 2. The molecule has 0 fully saturated rings. The molecule has 1 amide bonds. The summed E-state index contributed by atoms with van der Waals surface area (Å²) in [7, 11) is 0. The van der Waals surface area contributed by atoms with Crippen molar-refractivity contribution in [3.8, 4) is 11.8 Å². The Kier molecular flexibility index (Phi) is 5.84. The van der Waals surface area contributed by atoms with Crippen LogP contribution in [0.1, 0.15) is 5.56 Å². The molecule has 2 aromatic carbocycles. The maximum atomic E-state index is 13.5. The Bertz CT molecular complexity index is 857. The Hall–Kier alpha value is -3.32. The molecular weight excluding hydrogens is 337 g/mol. The van der Waals surface area contributed by atoms with Gasteiger partial charge in [-0.25, -0.2) is 14.4 Å². The first-order valence-electron chi connectivity index (χ1n) is 7.86. The first-order valence-corrected chi connectivity index (χ1v) is 7.86. The third-order valence-corrected chi connectivity index (χ3v) is 3.29. The molecule has 0 unspecified atom stereocenters. The summed E-state index contributed by atoms with van der Waals surface area (Å²) < 4.78 is 24.1. The zero-order valence-electron chi connectivity index (χ0n) is 13.8. The number of nitrogens with one attached hydrogen (secondary N) is 1. The lowest BCUT2D eigenvalue weighted by Crippen LogP contribution is -2.18. The van der Waals surface area contributed by atoms with Gasteiger partial charge in [-0.05, 0) is 17.7 Å². The number of anilines is 1. The van der Waals surface area contributed by atoms with Crippen LogP contribution < -0.4 is 10.1 Å². The highest BCUT2D eigenvalue weighted by Gasteiger charge is 2.07. The number of hydrogen-bond donors (Lipinski definition) is 1. The van der Waals surface area contributed by atoms with Gasteiger partial charge in [0.2, 0.25) is 5.91 Å². The van der Waals surface area contributed by atoms with E-state index in [1.807, 2.05) is 30.3 Å². The summed E-state index contributed by atoms with van der Waals surface area (Å²) in [6.45, 7) is 0.253. The number of aromatic nitrogens is 2. The molecule has 0 aliphatic heterocycles. The van der Waals surface area contributed by atoms with Gasteiger partial charge in [-0.15, -0.1) is 0 Å². The van der Waals surface area contributed by atoms with E-state index in [0.29, 0.717) is 12.3 Å². The van der Waals surface area contributed by atoms with Crippen LogP contribution in [0, 0.1) is 5.82 Å². The minimum atomic E-state index is -0.510. The standard InChI is InChI=1S/C19H16FN3O3/c20-16-8-4-5-9-17(16)26-19-21-10-15(11-22-19)23-18(24)13-25-12-14-6-2-1-3-7-14/h1-11H,12-13H2,(H,23,24). The highest BCUT2D eigenvalue weighted by Crippen LogP contribution is 2.21.